The summed E-state index contributed by atoms with van der Waals surface area (Å²) in [5, 5.41) is 2.71. The second-order valence-electron chi connectivity index (χ2n) is 8.25. The number of ether oxygens (including phenoxy) is 1. The molecule has 0 saturated carbocycles. The molecule has 3 aromatic rings. The lowest BCUT2D eigenvalue weighted by atomic mass is 10.1. The Labute approximate surface area is 216 Å². The molecule has 1 saturated heterocycles. The van der Waals surface area contributed by atoms with Crippen LogP contribution in [0.3, 0.4) is 0 Å². The summed E-state index contributed by atoms with van der Waals surface area (Å²) >= 11 is 7.19. The lowest BCUT2D eigenvalue weighted by Crippen LogP contribution is -2.41. The molecule has 36 heavy (non-hydrogen) atoms. The van der Waals surface area contributed by atoms with E-state index in [0.717, 1.165) is 15.9 Å². The molecule has 1 fully saturated rings. The Morgan fingerprint density at radius 3 is 2.58 bits per heavy atom. The molecule has 0 spiro atoms. The van der Waals surface area contributed by atoms with Gasteiger partial charge in [0.2, 0.25) is 5.91 Å². The second kappa shape index (κ2) is 10.3. The Morgan fingerprint density at radius 1 is 1.03 bits per heavy atom. The summed E-state index contributed by atoms with van der Waals surface area (Å²) in [6, 6.07) is 16.2. The van der Waals surface area contributed by atoms with E-state index in [2.05, 4.69) is 5.32 Å². The maximum absolute atomic E-state index is 14.3. The van der Waals surface area contributed by atoms with Crippen LogP contribution in [0.5, 0.6) is 0 Å². The van der Waals surface area contributed by atoms with E-state index in [-0.39, 0.29) is 29.1 Å². The van der Waals surface area contributed by atoms with Crippen molar-refractivity contribution >= 4 is 52.5 Å². The average Bonchev–Trinajstić information content (AvgIpc) is 3.00. The standard InChI is InChI=1S/C26H21ClFN3O4S/c27-17-6-7-20(19(28)14-17)29-24(32)15-31-21-13-16(25(33)30-9-11-35-12-10-30)5-8-23(21)36-22-4-2-1-3-18(22)26(31)34/h1-8,13-14H,9-12,15H2,(H,29,32). The summed E-state index contributed by atoms with van der Waals surface area (Å²) < 4.78 is 19.6. The average molecular weight is 526 g/mol. The van der Waals surface area contributed by atoms with Crippen molar-refractivity contribution in [3.63, 3.8) is 0 Å². The van der Waals surface area contributed by atoms with Crippen LogP contribution < -0.4 is 10.2 Å². The van der Waals surface area contributed by atoms with E-state index in [0.29, 0.717) is 43.1 Å². The zero-order valence-electron chi connectivity index (χ0n) is 19.0. The predicted octanol–water partition coefficient (Wildman–Crippen LogP) is 4.70. The van der Waals surface area contributed by atoms with Gasteiger partial charge in [0.25, 0.3) is 11.8 Å². The number of carbonyl (C=O) groups excluding carboxylic acids is 3. The molecular weight excluding hydrogens is 505 g/mol. The van der Waals surface area contributed by atoms with Crippen molar-refractivity contribution in [2.75, 3.05) is 43.1 Å². The van der Waals surface area contributed by atoms with Gasteiger partial charge in [0.05, 0.1) is 30.2 Å². The molecule has 2 aliphatic rings. The smallest absolute Gasteiger partial charge is 0.259 e. The number of anilines is 2. The first-order valence-electron chi connectivity index (χ1n) is 11.3. The number of rotatable bonds is 4. The van der Waals surface area contributed by atoms with Gasteiger partial charge < -0.3 is 15.0 Å². The maximum Gasteiger partial charge on any atom is 0.259 e. The molecule has 2 aliphatic heterocycles. The lowest BCUT2D eigenvalue weighted by molar-refractivity contribution is -0.115. The summed E-state index contributed by atoms with van der Waals surface area (Å²) in [7, 11) is 0. The molecule has 0 atom stereocenters. The van der Waals surface area contributed by atoms with Crippen LogP contribution in [0.15, 0.2) is 70.5 Å². The first kappa shape index (κ1) is 24.3. The first-order valence-corrected chi connectivity index (χ1v) is 12.4. The monoisotopic (exact) mass is 525 g/mol. The Morgan fingerprint density at radius 2 is 1.81 bits per heavy atom. The van der Waals surface area contributed by atoms with E-state index >= 15 is 0 Å². The van der Waals surface area contributed by atoms with Crippen molar-refractivity contribution in [3.05, 3.63) is 82.6 Å². The minimum Gasteiger partial charge on any atom is -0.378 e. The van der Waals surface area contributed by atoms with E-state index in [9.17, 15) is 18.8 Å². The lowest BCUT2D eigenvalue weighted by Gasteiger charge is -2.28. The van der Waals surface area contributed by atoms with Crippen LogP contribution in [0.2, 0.25) is 5.02 Å². The number of hydrogen-bond acceptors (Lipinski definition) is 5. The highest BCUT2D eigenvalue weighted by Crippen LogP contribution is 2.42. The Balaban J connectivity index is 1.49. The van der Waals surface area contributed by atoms with Crippen LogP contribution in [-0.2, 0) is 9.53 Å². The molecule has 3 amide bonds. The summed E-state index contributed by atoms with van der Waals surface area (Å²) in [6.07, 6.45) is 0. The Bertz CT molecular complexity index is 1360. The van der Waals surface area contributed by atoms with E-state index in [1.165, 1.54) is 28.8 Å². The summed E-state index contributed by atoms with van der Waals surface area (Å²) in [5.41, 5.74) is 1.24. The summed E-state index contributed by atoms with van der Waals surface area (Å²) in [4.78, 5) is 44.2. The van der Waals surface area contributed by atoms with Crippen molar-refractivity contribution in [2.45, 2.75) is 9.79 Å². The van der Waals surface area contributed by atoms with Crippen molar-refractivity contribution in [1.29, 1.82) is 0 Å². The number of amides is 3. The Hall–Kier alpha value is -3.40. The minimum atomic E-state index is -0.683. The van der Waals surface area contributed by atoms with Crippen LogP contribution in [0.25, 0.3) is 0 Å². The molecule has 3 aromatic carbocycles. The van der Waals surface area contributed by atoms with Gasteiger partial charge in [0.15, 0.2) is 0 Å². The number of hydrogen-bond donors (Lipinski definition) is 1. The Kier molecular flexibility index (Phi) is 6.95. The highest BCUT2D eigenvalue weighted by Gasteiger charge is 2.30. The zero-order chi connectivity index (χ0) is 25.2. The molecule has 1 N–H and O–H groups in total. The van der Waals surface area contributed by atoms with E-state index in [1.54, 1.807) is 35.2 Å². The van der Waals surface area contributed by atoms with Gasteiger partial charge in [0.1, 0.15) is 12.4 Å². The zero-order valence-corrected chi connectivity index (χ0v) is 20.6. The quantitative estimate of drug-likeness (QED) is 0.534. The van der Waals surface area contributed by atoms with Crippen LogP contribution in [0, 0.1) is 5.82 Å². The third-order valence-electron chi connectivity index (χ3n) is 5.88. The van der Waals surface area contributed by atoms with Gasteiger partial charge in [-0.3, -0.25) is 19.3 Å². The van der Waals surface area contributed by atoms with Crippen LogP contribution in [0.4, 0.5) is 15.8 Å². The second-order valence-corrected chi connectivity index (χ2v) is 9.77. The number of halogens is 2. The van der Waals surface area contributed by atoms with Gasteiger partial charge in [-0.25, -0.2) is 4.39 Å². The predicted molar refractivity (Wildman–Crippen MR) is 135 cm³/mol. The van der Waals surface area contributed by atoms with Gasteiger partial charge in [-0.15, -0.1) is 0 Å². The molecule has 0 aliphatic carbocycles. The van der Waals surface area contributed by atoms with Gasteiger partial charge in [-0.2, -0.15) is 0 Å². The van der Waals surface area contributed by atoms with E-state index < -0.39 is 11.7 Å². The molecule has 10 heteroatoms. The minimum absolute atomic E-state index is 0.0436. The molecule has 0 unspecified atom stereocenters. The largest absolute Gasteiger partial charge is 0.378 e. The molecule has 0 bridgehead atoms. The number of nitrogens with zero attached hydrogens (tertiary/aromatic N) is 2. The summed E-state index contributed by atoms with van der Waals surface area (Å²) in [5.74, 6) is -1.84. The topological polar surface area (TPSA) is 79.0 Å². The SMILES string of the molecule is O=C(CN1C(=O)c2ccccc2Sc2ccc(C(=O)N3CCOCC3)cc21)Nc1ccc(Cl)cc1F. The molecule has 7 nitrogen and oxygen atoms in total. The normalized spacial score (nSPS) is 15.1. The van der Waals surface area contributed by atoms with Crippen molar-refractivity contribution in [1.82, 2.24) is 4.90 Å². The number of benzene rings is 3. The first-order chi connectivity index (χ1) is 17.4. The van der Waals surface area contributed by atoms with Gasteiger partial charge >= 0.3 is 0 Å². The van der Waals surface area contributed by atoms with Crippen molar-refractivity contribution < 1.29 is 23.5 Å². The van der Waals surface area contributed by atoms with Gasteiger partial charge in [0, 0.05) is 33.5 Å². The van der Waals surface area contributed by atoms with Crippen molar-refractivity contribution in [3.8, 4) is 0 Å². The number of carbonyl (C=O) groups is 3. The highest BCUT2D eigenvalue weighted by atomic mass is 35.5. The van der Waals surface area contributed by atoms with Crippen LogP contribution in [-0.4, -0.2) is 55.5 Å². The third-order valence-corrected chi connectivity index (χ3v) is 7.26. The fraction of sp³-hybridized carbons (Fsp3) is 0.192. The molecule has 0 radical (unpaired) electrons. The number of morpholine rings is 1. The molecule has 0 aromatic heterocycles. The molecule has 5 rings (SSSR count). The highest BCUT2D eigenvalue weighted by molar-refractivity contribution is 7.99. The fourth-order valence-corrected chi connectivity index (χ4v) is 5.30. The van der Waals surface area contributed by atoms with E-state index in [1.807, 2.05) is 12.1 Å². The molecular formula is C26H21ClFN3O4S. The summed E-state index contributed by atoms with van der Waals surface area (Å²) in [6.45, 7) is 1.52. The van der Waals surface area contributed by atoms with Crippen LogP contribution >= 0.6 is 23.4 Å². The van der Waals surface area contributed by atoms with E-state index in [4.69, 9.17) is 16.3 Å². The number of fused-ring (bicyclic) bond motifs is 2. The van der Waals surface area contributed by atoms with Crippen molar-refractivity contribution in [2.24, 2.45) is 0 Å². The third kappa shape index (κ3) is 4.95. The van der Waals surface area contributed by atoms with Crippen LogP contribution in [0.1, 0.15) is 20.7 Å². The maximum atomic E-state index is 14.3. The van der Waals surface area contributed by atoms with Gasteiger partial charge in [-0.1, -0.05) is 35.5 Å². The molecule has 184 valence electrons. The molecule has 2 heterocycles. The fourth-order valence-electron chi connectivity index (χ4n) is 4.08. The van der Waals surface area contributed by atoms with Gasteiger partial charge in [-0.05, 0) is 48.5 Å². The number of nitrogens with one attached hydrogen (secondary N) is 1.